The molecule has 0 aliphatic rings. The Morgan fingerprint density at radius 3 is 2.60 bits per heavy atom. The molecule has 92 valence electrons. The fourth-order valence-electron chi connectivity index (χ4n) is 1.21. The van der Waals surface area contributed by atoms with Gasteiger partial charge in [0.15, 0.2) is 0 Å². The topological polar surface area (TPSA) is 39.7 Å². The Morgan fingerprint density at radius 2 is 2.00 bits per heavy atom. The molecule has 4 heteroatoms. The molecule has 1 N–H and O–H groups in total. The zero-order chi connectivity index (χ0) is 11.4. The van der Waals surface area contributed by atoms with Crippen LogP contribution in [0.3, 0.4) is 0 Å². The zero-order valence-corrected chi connectivity index (χ0v) is 10.3. The van der Waals surface area contributed by atoms with Gasteiger partial charge in [0.25, 0.3) is 0 Å². The van der Waals surface area contributed by atoms with E-state index in [1.165, 1.54) is 0 Å². The molecule has 0 fully saturated rings. The predicted octanol–water partition coefficient (Wildman–Crippen LogP) is 1.05. The Hall–Kier alpha value is -0.160. The van der Waals surface area contributed by atoms with Crippen LogP contribution in [0.5, 0.6) is 0 Å². The molecule has 15 heavy (non-hydrogen) atoms. The number of methoxy groups -OCH3 is 1. The van der Waals surface area contributed by atoms with Crippen molar-refractivity contribution in [3.05, 3.63) is 0 Å². The van der Waals surface area contributed by atoms with Crippen LogP contribution < -0.4 is 5.32 Å². The van der Waals surface area contributed by atoms with Crippen molar-refractivity contribution >= 4 is 0 Å². The van der Waals surface area contributed by atoms with Crippen LogP contribution in [0.15, 0.2) is 0 Å². The maximum atomic E-state index is 5.62. The quantitative estimate of drug-likeness (QED) is 0.527. The van der Waals surface area contributed by atoms with Gasteiger partial charge < -0.3 is 19.5 Å². The lowest BCUT2D eigenvalue weighted by Gasteiger charge is -2.17. The van der Waals surface area contributed by atoms with E-state index in [4.69, 9.17) is 14.2 Å². The van der Waals surface area contributed by atoms with Gasteiger partial charge in [0.1, 0.15) is 0 Å². The fourth-order valence-corrected chi connectivity index (χ4v) is 1.21. The van der Waals surface area contributed by atoms with Crippen molar-refractivity contribution in [3.63, 3.8) is 0 Å². The van der Waals surface area contributed by atoms with Gasteiger partial charge in [-0.15, -0.1) is 0 Å². The molecule has 4 nitrogen and oxygen atoms in total. The first-order valence-electron chi connectivity index (χ1n) is 5.74. The van der Waals surface area contributed by atoms with E-state index in [1.807, 2.05) is 6.92 Å². The van der Waals surface area contributed by atoms with Crippen molar-refractivity contribution in [1.29, 1.82) is 0 Å². The summed E-state index contributed by atoms with van der Waals surface area (Å²) in [7, 11) is 1.69. The fraction of sp³-hybridized carbons (Fsp3) is 1.00. The summed E-state index contributed by atoms with van der Waals surface area (Å²) in [5.41, 5.74) is 0. The second kappa shape index (κ2) is 11.9. The van der Waals surface area contributed by atoms with Crippen LogP contribution in [-0.4, -0.2) is 52.7 Å². The Kier molecular flexibility index (Phi) is 11.8. The highest BCUT2D eigenvalue weighted by Gasteiger charge is 2.07. The first kappa shape index (κ1) is 14.8. The SMILES string of the molecule is CCCNCC(COC)OCCOCC. The van der Waals surface area contributed by atoms with Crippen molar-refractivity contribution in [2.75, 3.05) is 46.6 Å². The summed E-state index contributed by atoms with van der Waals surface area (Å²) in [5, 5.41) is 3.32. The highest BCUT2D eigenvalue weighted by molar-refractivity contribution is 4.60. The Balaban J connectivity index is 3.44. The number of ether oxygens (including phenoxy) is 3. The van der Waals surface area contributed by atoms with Gasteiger partial charge in [0, 0.05) is 20.3 Å². The Bertz CT molecular complexity index is 122. The van der Waals surface area contributed by atoms with Crippen LogP contribution in [0.4, 0.5) is 0 Å². The van der Waals surface area contributed by atoms with Crippen molar-refractivity contribution in [3.8, 4) is 0 Å². The lowest BCUT2D eigenvalue weighted by atomic mass is 10.3. The molecule has 0 saturated carbocycles. The first-order chi connectivity index (χ1) is 7.35. The minimum Gasteiger partial charge on any atom is -0.382 e. The van der Waals surface area contributed by atoms with Crippen molar-refractivity contribution < 1.29 is 14.2 Å². The third-order valence-corrected chi connectivity index (χ3v) is 1.94. The van der Waals surface area contributed by atoms with E-state index in [0.29, 0.717) is 19.8 Å². The monoisotopic (exact) mass is 219 g/mol. The van der Waals surface area contributed by atoms with Gasteiger partial charge in [-0.2, -0.15) is 0 Å². The molecule has 0 aromatic heterocycles. The lowest BCUT2D eigenvalue weighted by molar-refractivity contribution is -0.0257. The summed E-state index contributed by atoms with van der Waals surface area (Å²) in [4.78, 5) is 0. The molecule has 0 aliphatic carbocycles. The zero-order valence-electron chi connectivity index (χ0n) is 10.3. The minimum atomic E-state index is 0.127. The lowest BCUT2D eigenvalue weighted by Crippen LogP contribution is -2.33. The standard InChI is InChI=1S/C11H25NO3/c1-4-6-12-9-11(10-13-3)15-8-7-14-5-2/h11-12H,4-10H2,1-3H3. The van der Waals surface area contributed by atoms with Gasteiger partial charge in [-0.3, -0.25) is 0 Å². The summed E-state index contributed by atoms with van der Waals surface area (Å²) < 4.78 is 15.9. The average molecular weight is 219 g/mol. The minimum absolute atomic E-state index is 0.127. The van der Waals surface area contributed by atoms with E-state index < -0.39 is 0 Å². The smallest absolute Gasteiger partial charge is 0.0933 e. The molecule has 0 aromatic rings. The van der Waals surface area contributed by atoms with Gasteiger partial charge in [0.2, 0.25) is 0 Å². The third-order valence-electron chi connectivity index (χ3n) is 1.94. The van der Waals surface area contributed by atoms with Gasteiger partial charge in [-0.05, 0) is 19.9 Å². The van der Waals surface area contributed by atoms with E-state index >= 15 is 0 Å². The second-order valence-corrected chi connectivity index (χ2v) is 3.35. The second-order valence-electron chi connectivity index (χ2n) is 3.35. The summed E-state index contributed by atoms with van der Waals surface area (Å²) in [5.74, 6) is 0. The number of hydrogen-bond donors (Lipinski definition) is 1. The molecular weight excluding hydrogens is 194 g/mol. The molecule has 0 radical (unpaired) electrons. The third kappa shape index (κ3) is 10.1. The molecular formula is C11H25NO3. The van der Waals surface area contributed by atoms with Crippen LogP contribution in [0.2, 0.25) is 0 Å². The van der Waals surface area contributed by atoms with E-state index in [0.717, 1.165) is 26.1 Å². The summed E-state index contributed by atoms with van der Waals surface area (Å²) in [6, 6.07) is 0. The average Bonchev–Trinajstić information content (AvgIpc) is 2.24. The van der Waals surface area contributed by atoms with Crippen molar-refractivity contribution in [1.82, 2.24) is 5.32 Å². The highest BCUT2D eigenvalue weighted by atomic mass is 16.5. The van der Waals surface area contributed by atoms with Crippen LogP contribution in [0, 0.1) is 0 Å². The van der Waals surface area contributed by atoms with Gasteiger partial charge in [0.05, 0.1) is 25.9 Å². The van der Waals surface area contributed by atoms with E-state index in [-0.39, 0.29) is 6.10 Å². The normalized spacial score (nSPS) is 13.0. The van der Waals surface area contributed by atoms with E-state index in [1.54, 1.807) is 7.11 Å². The van der Waals surface area contributed by atoms with Gasteiger partial charge in [-0.25, -0.2) is 0 Å². The number of rotatable bonds is 11. The van der Waals surface area contributed by atoms with Crippen LogP contribution in [0.25, 0.3) is 0 Å². The Labute approximate surface area is 93.3 Å². The predicted molar refractivity (Wildman–Crippen MR) is 61.3 cm³/mol. The molecule has 0 bridgehead atoms. The molecule has 1 unspecified atom stereocenters. The number of nitrogens with one attached hydrogen (secondary N) is 1. The van der Waals surface area contributed by atoms with Crippen molar-refractivity contribution in [2.24, 2.45) is 0 Å². The maximum Gasteiger partial charge on any atom is 0.0933 e. The first-order valence-corrected chi connectivity index (χ1v) is 5.74. The van der Waals surface area contributed by atoms with Crippen LogP contribution >= 0.6 is 0 Å². The van der Waals surface area contributed by atoms with Gasteiger partial charge >= 0.3 is 0 Å². The van der Waals surface area contributed by atoms with Crippen LogP contribution in [-0.2, 0) is 14.2 Å². The molecule has 0 amide bonds. The van der Waals surface area contributed by atoms with E-state index in [9.17, 15) is 0 Å². The molecule has 0 aromatic carbocycles. The van der Waals surface area contributed by atoms with Crippen molar-refractivity contribution in [2.45, 2.75) is 26.4 Å². The molecule has 0 aliphatic heterocycles. The molecule has 0 rings (SSSR count). The summed E-state index contributed by atoms with van der Waals surface area (Å²) >= 11 is 0. The van der Waals surface area contributed by atoms with Crippen LogP contribution in [0.1, 0.15) is 20.3 Å². The molecule has 0 saturated heterocycles. The summed E-state index contributed by atoms with van der Waals surface area (Å²) in [6.07, 6.45) is 1.26. The molecule has 0 spiro atoms. The van der Waals surface area contributed by atoms with E-state index in [2.05, 4.69) is 12.2 Å². The highest BCUT2D eigenvalue weighted by Crippen LogP contribution is 1.92. The Morgan fingerprint density at radius 1 is 1.20 bits per heavy atom. The molecule has 1 atom stereocenters. The molecule has 0 heterocycles. The van der Waals surface area contributed by atoms with Gasteiger partial charge in [-0.1, -0.05) is 6.92 Å². The summed E-state index contributed by atoms with van der Waals surface area (Å²) in [6.45, 7) is 8.65. The number of hydrogen-bond acceptors (Lipinski definition) is 4. The maximum absolute atomic E-state index is 5.62. The largest absolute Gasteiger partial charge is 0.382 e.